The summed E-state index contributed by atoms with van der Waals surface area (Å²) in [4.78, 5) is 11.9. The second-order valence-electron chi connectivity index (χ2n) is 5.59. The molecule has 1 aliphatic heterocycles. The third kappa shape index (κ3) is 2.76. The second-order valence-corrected chi connectivity index (χ2v) is 5.59. The van der Waals surface area contributed by atoms with Gasteiger partial charge in [0.25, 0.3) is 0 Å². The Balaban J connectivity index is 1.74. The molecule has 1 N–H and O–H groups in total. The molecule has 0 spiro atoms. The molecule has 92 valence electrons. The Morgan fingerprint density at radius 2 is 2.12 bits per heavy atom. The van der Waals surface area contributed by atoms with Gasteiger partial charge in [0.2, 0.25) is 0 Å². The minimum atomic E-state index is -0.269. The summed E-state index contributed by atoms with van der Waals surface area (Å²) < 4.78 is 5.49. The zero-order chi connectivity index (χ0) is 11.4. The normalized spacial score (nSPS) is 31.6. The third-order valence-electron chi connectivity index (χ3n) is 4.04. The van der Waals surface area contributed by atoms with Crippen LogP contribution in [0.3, 0.4) is 0 Å². The Morgan fingerprint density at radius 3 is 2.75 bits per heavy atom. The van der Waals surface area contributed by atoms with Crippen LogP contribution < -0.4 is 5.32 Å². The van der Waals surface area contributed by atoms with Gasteiger partial charge in [0.15, 0.2) is 0 Å². The van der Waals surface area contributed by atoms with Crippen LogP contribution in [0.15, 0.2) is 0 Å². The van der Waals surface area contributed by atoms with Crippen LogP contribution in [-0.4, -0.2) is 25.7 Å². The molecule has 0 aromatic rings. The molecular weight excluding hydrogens is 202 g/mol. The first-order valence-corrected chi connectivity index (χ1v) is 6.59. The van der Waals surface area contributed by atoms with E-state index in [0.29, 0.717) is 12.5 Å². The molecule has 2 aliphatic rings. The highest BCUT2D eigenvalue weighted by atomic mass is 16.5. The van der Waals surface area contributed by atoms with Crippen LogP contribution in [0.5, 0.6) is 0 Å². The number of nitrogens with one attached hydrogen (secondary N) is 1. The summed E-state index contributed by atoms with van der Waals surface area (Å²) in [6, 6.07) is 0. The molecule has 3 heteroatoms. The Bertz CT molecular complexity index is 240. The lowest BCUT2D eigenvalue weighted by atomic mass is 9.89. The minimum Gasteiger partial charge on any atom is -0.465 e. The minimum absolute atomic E-state index is 0.00285. The predicted octanol–water partition coefficient (Wildman–Crippen LogP) is 2.11. The zero-order valence-corrected chi connectivity index (χ0v) is 10.3. The molecule has 1 saturated heterocycles. The fourth-order valence-electron chi connectivity index (χ4n) is 2.71. The van der Waals surface area contributed by atoms with Crippen molar-refractivity contribution < 1.29 is 9.53 Å². The molecule has 0 aromatic carbocycles. The van der Waals surface area contributed by atoms with Crippen molar-refractivity contribution in [2.45, 2.75) is 45.4 Å². The third-order valence-corrected chi connectivity index (χ3v) is 4.04. The molecule has 2 fully saturated rings. The van der Waals surface area contributed by atoms with Crippen LogP contribution in [0, 0.1) is 11.3 Å². The SMILES string of the molecule is CC1(C(=O)OCC2CCCCC2)CCNC1. The number of ether oxygens (including phenoxy) is 1. The van der Waals surface area contributed by atoms with E-state index in [0.717, 1.165) is 19.5 Å². The summed E-state index contributed by atoms with van der Waals surface area (Å²) in [6.45, 7) is 4.37. The molecule has 16 heavy (non-hydrogen) atoms. The van der Waals surface area contributed by atoms with Crippen molar-refractivity contribution in [2.75, 3.05) is 19.7 Å². The number of hydrogen-bond acceptors (Lipinski definition) is 3. The molecule has 1 atom stereocenters. The van der Waals surface area contributed by atoms with Gasteiger partial charge in [-0.15, -0.1) is 0 Å². The van der Waals surface area contributed by atoms with Gasteiger partial charge in [-0.05, 0) is 38.6 Å². The van der Waals surface area contributed by atoms with Gasteiger partial charge in [-0.25, -0.2) is 0 Å². The van der Waals surface area contributed by atoms with Crippen LogP contribution in [-0.2, 0) is 9.53 Å². The Hall–Kier alpha value is -0.570. The highest BCUT2D eigenvalue weighted by molar-refractivity contribution is 5.77. The summed E-state index contributed by atoms with van der Waals surface area (Å²) in [5.41, 5.74) is -0.269. The van der Waals surface area contributed by atoms with E-state index < -0.39 is 0 Å². The van der Waals surface area contributed by atoms with E-state index in [1.54, 1.807) is 0 Å². The molecular formula is C13H23NO2. The predicted molar refractivity (Wildman–Crippen MR) is 63.1 cm³/mol. The lowest BCUT2D eigenvalue weighted by molar-refractivity contribution is -0.155. The van der Waals surface area contributed by atoms with Crippen LogP contribution in [0.4, 0.5) is 0 Å². The molecule has 3 nitrogen and oxygen atoms in total. The Kier molecular flexibility index (Phi) is 3.85. The molecule has 1 aliphatic carbocycles. The summed E-state index contributed by atoms with van der Waals surface area (Å²) >= 11 is 0. The number of carbonyl (C=O) groups is 1. The Morgan fingerprint density at radius 1 is 1.38 bits per heavy atom. The highest BCUT2D eigenvalue weighted by Gasteiger charge is 2.38. The van der Waals surface area contributed by atoms with Crippen LogP contribution in [0.25, 0.3) is 0 Å². The fourth-order valence-corrected chi connectivity index (χ4v) is 2.71. The van der Waals surface area contributed by atoms with Gasteiger partial charge >= 0.3 is 5.97 Å². The van der Waals surface area contributed by atoms with Gasteiger partial charge in [-0.2, -0.15) is 0 Å². The molecule has 1 saturated carbocycles. The summed E-state index contributed by atoms with van der Waals surface area (Å²) in [7, 11) is 0. The molecule has 2 rings (SSSR count). The van der Waals surface area contributed by atoms with Gasteiger partial charge in [0, 0.05) is 6.54 Å². The van der Waals surface area contributed by atoms with E-state index in [1.165, 1.54) is 32.1 Å². The molecule has 0 amide bonds. The zero-order valence-electron chi connectivity index (χ0n) is 10.3. The van der Waals surface area contributed by atoms with E-state index in [2.05, 4.69) is 5.32 Å². The summed E-state index contributed by atoms with van der Waals surface area (Å²) in [5, 5.41) is 3.23. The maximum atomic E-state index is 11.9. The molecule has 0 radical (unpaired) electrons. The van der Waals surface area contributed by atoms with Crippen molar-refractivity contribution in [3.05, 3.63) is 0 Å². The van der Waals surface area contributed by atoms with Crippen LogP contribution in [0.1, 0.15) is 45.4 Å². The average Bonchev–Trinajstić information content (AvgIpc) is 2.76. The van der Waals surface area contributed by atoms with Crippen molar-refractivity contribution in [3.8, 4) is 0 Å². The standard InChI is InChI=1S/C13H23NO2/c1-13(7-8-14-10-13)12(15)16-9-11-5-3-2-4-6-11/h11,14H,2-10H2,1H3. The van der Waals surface area contributed by atoms with Crippen LogP contribution in [0.2, 0.25) is 0 Å². The fraction of sp³-hybridized carbons (Fsp3) is 0.923. The smallest absolute Gasteiger partial charge is 0.313 e. The Labute approximate surface area is 97.9 Å². The summed E-state index contributed by atoms with van der Waals surface area (Å²) in [5.74, 6) is 0.624. The average molecular weight is 225 g/mol. The van der Waals surface area contributed by atoms with Gasteiger partial charge in [-0.3, -0.25) is 4.79 Å². The first-order chi connectivity index (χ1) is 7.71. The largest absolute Gasteiger partial charge is 0.465 e. The lowest BCUT2D eigenvalue weighted by Crippen LogP contribution is -2.33. The molecule has 0 bridgehead atoms. The van der Waals surface area contributed by atoms with Gasteiger partial charge in [0.1, 0.15) is 0 Å². The van der Waals surface area contributed by atoms with Crippen molar-refractivity contribution in [2.24, 2.45) is 11.3 Å². The van der Waals surface area contributed by atoms with E-state index in [1.807, 2.05) is 6.92 Å². The van der Waals surface area contributed by atoms with Crippen LogP contribution >= 0.6 is 0 Å². The number of esters is 1. The van der Waals surface area contributed by atoms with Gasteiger partial charge in [-0.1, -0.05) is 19.3 Å². The maximum absolute atomic E-state index is 11.9. The van der Waals surface area contributed by atoms with E-state index in [9.17, 15) is 4.79 Å². The molecule has 1 heterocycles. The summed E-state index contributed by atoms with van der Waals surface area (Å²) in [6.07, 6.45) is 7.36. The van der Waals surface area contributed by atoms with Crippen molar-refractivity contribution in [1.82, 2.24) is 5.32 Å². The molecule has 0 aromatic heterocycles. The quantitative estimate of drug-likeness (QED) is 0.748. The monoisotopic (exact) mass is 225 g/mol. The lowest BCUT2D eigenvalue weighted by Gasteiger charge is -2.25. The van der Waals surface area contributed by atoms with Crippen molar-refractivity contribution >= 4 is 5.97 Å². The van der Waals surface area contributed by atoms with Crippen molar-refractivity contribution in [1.29, 1.82) is 0 Å². The van der Waals surface area contributed by atoms with E-state index in [4.69, 9.17) is 4.74 Å². The van der Waals surface area contributed by atoms with E-state index >= 15 is 0 Å². The first-order valence-electron chi connectivity index (χ1n) is 6.59. The second kappa shape index (κ2) is 5.17. The van der Waals surface area contributed by atoms with E-state index in [-0.39, 0.29) is 11.4 Å². The number of carbonyl (C=O) groups excluding carboxylic acids is 1. The number of rotatable bonds is 3. The van der Waals surface area contributed by atoms with Crippen molar-refractivity contribution in [3.63, 3.8) is 0 Å². The highest BCUT2D eigenvalue weighted by Crippen LogP contribution is 2.28. The maximum Gasteiger partial charge on any atom is 0.313 e. The number of hydrogen-bond donors (Lipinski definition) is 1. The first kappa shape index (κ1) is 11.9. The molecule has 1 unspecified atom stereocenters. The topological polar surface area (TPSA) is 38.3 Å². The van der Waals surface area contributed by atoms with Gasteiger partial charge in [0.05, 0.1) is 12.0 Å². The van der Waals surface area contributed by atoms with Gasteiger partial charge < -0.3 is 10.1 Å².